The highest BCUT2D eigenvalue weighted by Gasteiger charge is 2.58. The van der Waals surface area contributed by atoms with E-state index in [1.807, 2.05) is 13.0 Å². The van der Waals surface area contributed by atoms with E-state index >= 15 is 0 Å². The molecular weight excluding hydrogens is 1030 g/mol. The Hall–Kier alpha value is -3.64. The first kappa shape index (κ1) is 66.9. The van der Waals surface area contributed by atoms with Crippen molar-refractivity contribution in [2.45, 2.75) is 201 Å². The van der Waals surface area contributed by atoms with E-state index in [-0.39, 0.29) is 31.6 Å². The van der Waals surface area contributed by atoms with Crippen LogP contribution >= 0.6 is 0 Å². The van der Waals surface area contributed by atoms with Crippen LogP contribution < -0.4 is 0 Å². The number of aliphatic hydroxyl groups is 14. The Morgan fingerprint density at radius 2 is 1.26 bits per heavy atom. The second-order valence-corrected chi connectivity index (χ2v) is 21.1. The quantitative estimate of drug-likeness (QED) is 0.136. The monoisotopic (exact) mass is 1110 g/mol. The van der Waals surface area contributed by atoms with Gasteiger partial charge in [-0.05, 0) is 40.2 Å². The lowest BCUT2D eigenvalue weighted by molar-refractivity contribution is -0.341. The molecule has 0 amide bonds. The minimum Gasteiger partial charge on any atom is -0.469 e. The summed E-state index contributed by atoms with van der Waals surface area (Å²) in [5, 5.41) is 154. The Balaban J connectivity index is 1.65. The van der Waals surface area contributed by atoms with Gasteiger partial charge in [0.2, 0.25) is 0 Å². The van der Waals surface area contributed by atoms with Crippen molar-refractivity contribution in [1.82, 2.24) is 4.90 Å². The Labute approximate surface area is 455 Å². The number of aliphatic hydroxyl groups excluding tert-OH is 13. The summed E-state index contributed by atoms with van der Waals surface area (Å²) in [6, 6.07) is -1.44. The molecule has 4 aliphatic heterocycles. The van der Waals surface area contributed by atoms with Crippen LogP contribution in [0.4, 0.5) is 0 Å². The zero-order chi connectivity index (χ0) is 58.1. The largest absolute Gasteiger partial charge is 0.469 e. The lowest BCUT2D eigenvalue weighted by atomic mass is 9.82. The number of rotatable bonds is 6. The van der Waals surface area contributed by atoms with Gasteiger partial charge < -0.3 is 99.9 Å². The molecule has 2 bridgehead atoms. The third kappa shape index (κ3) is 18.7. The first-order valence-corrected chi connectivity index (χ1v) is 26.6. The number of hydrogen-bond donors (Lipinski definition) is 14. The molecule has 23 nitrogen and oxygen atoms in total. The standard InChI is InChI=1S/C55H87NO22/c1-31-19-17-15-13-11-9-7-8-10-12-14-16-18-20-38(77-53-50(69)46(48(67)34(4)76-53)56(5)55(30-57)51(70)49(68)42(64)29-74-55)26-43-45(52(71)73-6)41(63)28-54(72,78-43)27-37(60)24-40(62)39(61)22-21-35(58)23-36(59)25-44(65)75-33(3)32(2)47(31)66/h7-20,31-43,45-51,53,57-64,66-70,72H,21-30H2,1-6H3/t31-,32-,33-,34+,35+,36+,37-,38-,39+,40+,41-,42+,43-,45+,46-,47+,48+,49+,50-,51-,53-,54+,55+/m0/s1. The molecule has 0 saturated carbocycles. The number of hydrogen-bond acceptors (Lipinski definition) is 23. The number of cyclic esters (lactones) is 1. The topological polar surface area (TPSA) is 376 Å². The molecule has 23 atom stereocenters. The van der Waals surface area contributed by atoms with Crippen LogP contribution in [0.1, 0.15) is 79.1 Å². The number of nitrogens with zero attached hydrogens (tertiary/aromatic N) is 1. The zero-order valence-corrected chi connectivity index (χ0v) is 45.3. The number of fused-ring (bicyclic) bond motifs is 2. The minimum absolute atomic E-state index is 0.135. The molecule has 4 heterocycles. The lowest BCUT2D eigenvalue weighted by Gasteiger charge is -2.55. The lowest BCUT2D eigenvalue weighted by Crippen LogP contribution is -2.75. The van der Waals surface area contributed by atoms with Gasteiger partial charge >= 0.3 is 11.9 Å². The summed E-state index contributed by atoms with van der Waals surface area (Å²) in [4.78, 5) is 27.2. The SMILES string of the molecule is COC(=O)[C@H]1[C@@H]2C[C@@H](O[C@@H]3O[C@H](C)[C@@H](O)[C@H](N(C)[C@]4(CO)OC[C@@H](O)[C@@H](O)[C@@H]4O)[C@@H]3O)C=CC=CC=CC=CC=CC=CC=C[C@H](C)[C@@H](O)[C@@H](C)[C@H](C)OC(=O)C[C@H](O)C[C@H](O)CC[C@@H](O)[C@H](O)C[C@H](O)C[C@](O)(C[C@@H]1O)O2. The first-order valence-electron chi connectivity index (χ1n) is 26.6. The van der Waals surface area contributed by atoms with Gasteiger partial charge in [0.05, 0.1) is 99.9 Å². The zero-order valence-electron chi connectivity index (χ0n) is 45.3. The van der Waals surface area contributed by atoms with Crippen LogP contribution in [-0.2, 0) is 38.0 Å². The highest BCUT2D eigenvalue weighted by Crippen LogP contribution is 2.40. The van der Waals surface area contributed by atoms with E-state index in [1.54, 1.807) is 86.8 Å². The fourth-order valence-corrected chi connectivity index (χ4v) is 10.2. The highest BCUT2D eigenvalue weighted by molar-refractivity contribution is 5.74. The third-order valence-corrected chi connectivity index (χ3v) is 15.1. The van der Waals surface area contributed by atoms with E-state index in [2.05, 4.69) is 0 Å². The number of likely N-dealkylation sites (N-methyl/N-ethyl adjacent to an activating group) is 1. The molecule has 0 aliphatic carbocycles. The number of carbonyl (C=O) groups is 2. The number of methoxy groups -OCH3 is 1. The summed E-state index contributed by atoms with van der Waals surface area (Å²) < 4.78 is 34.7. The second-order valence-electron chi connectivity index (χ2n) is 21.1. The van der Waals surface area contributed by atoms with Gasteiger partial charge in [0.25, 0.3) is 0 Å². The van der Waals surface area contributed by atoms with E-state index in [0.29, 0.717) is 0 Å². The molecule has 444 valence electrons. The normalized spacial score (nSPS) is 43.0. The molecule has 0 aromatic heterocycles. The van der Waals surface area contributed by atoms with Crippen molar-refractivity contribution in [1.29, 1.82) is 0 Å². The number of allylic oxidation sites excluding steroid dienone is 12. The smallest absolute Gasteiger partial charge is 0.313 e. The van der Waals surface area contributed by atoms with Crippen molar-refractivity contribution in [2.24, 2.45) is 17.8 Å². The van der Waals surface area contributed by atoms with E-state index < -0.39 is 184 Å². The van der Waals surface area contributed by atoms with E-state index in [1.165, 1.54) is 20.0 Å². The number of esters is 2. The third-order valence-electron chi connectivity index (χ3n) is 15.1. The van der Waals surface area contributed by atoms with Crippen LogP contribution in [0.15, 0.2) is 85.1 Å². The van der Waals surface area contributed by atoms with Crippen LogP contribution in [0.5, 0.6) is 0 Å². The average Bonchev–Trinajstić information content (AvgIpc) is 3.49. The molecule has 0 radical (unpaired) electrons. The molecule has 0 aromatic carbocycles. The maximum Gasteiger partial charge on any atom is 0.313 e. The van der Waals surface area contributed by atoms with Gasteiger partial charge in [-0.1, -0.05) is 98.9 Å². The van der Waals surface area contributed by atoms with Crippen molar-refractivity contribution in [3.05, 3.63) is 85.1 Å². The predicted octanol–water partition coefficient (Wildman–Crippen LogP) is -1.43. The average molecular weight is 1110 g/mol. The minimum atomic E-state index is -2.38. The molecule has 0 unspecified atom stereocenters. The molecule has 3 saturated heterocycles. The van der Waals surface area contributed by atoms with Crippen molar-refractivity contribution in [3.63, 3.8) is 0 Å². The molecule has 3 fully saturated rings. The molecule has 4 rings (SSSR count). The van der Waals surface area contributed by atoms with E-state index in [9.17, 15) is 81.1 Å². The van der Waals surface area contributed by atoms with Gasteiger partial charge in [0.15, 0.2) is 17.8 Å². The molecular formula is C55H87NO22. The molecule has 23 heteroatoms. The van der Waals surface area contributed by atoms with Crippen molar-refractivity contribution in [3.8, 4) is 0 Å². The molecule has 4 aliphatic rings. The Morgan fingerprint density at radius 1 is 0.667 bits per heavy atom. The number of ether oxygens (including phenoxy) is 6. The summed E-state index contributed by atoms with van der Waals surface area (Å²) in [6.07, 6.45) is -3.81. The van der Waals surface area contributed by atoms with Gasteiger partial charge in [-0.25, -0.2) is 0 Å². The van der Waals surface area contributed by atoms with E-state index in [4.69, 9.17) is 28.4 Å². The van der Waals surface area contributed by atoms with Gasteiger partial charge in [-0.15, -0.1) is 0 Å². The Morgan fingerprint density at radius 3 is 1.85 bits per heavy atom. The summed E-state index contributed by atoms with van der Waals surface area (Å²) in [5.74, 6) is -6.32. The summed E-state index contributed by atoms with van der Waals surface area (Å²) >= 11 is 0. The van der Waals surface area contributed by atoms with Crippen LogP contribution in [0, 0.1) is 17.8 Å². The van der Waals surface area contributed by atoms with Crippen LogP contribution in [0.3, 0.4) is 0 Å². The maximum absolute atomic E-state index is 13.3. The van der Waals surface area contributed by atoms with Crippen molar-refractivity contribution in [2.75, 3.05) is 27.4 Å². The van der Waals surface area contributed by atoms with Gasteiger partial charge in [0.1, 0.15) is 36.4 Å². The fourth-order valence-electron chi connectivity index (χ4n) is 10.2. The first-order chi connectivity index (χ1) is 36.8. The molecule has 0 aromatic rings. The molecule has 78 heavy (non-hydrogen) atoms. The summed E-state index contributed by atoms with van der Waals surface area (Å²) in [7, 11) is 2.38. The molecule has 14 N–H and O–H groups in total. The van der Waals surface area contributed by atoms with E-state index in [0.717, 1.165) is 12.0 Å². The van der Waals surface area contributed by atoms with Crippen molar-refractivity contribution >= 4 is 11.9 Å². The Bertz CT molecular complexity index is 2050. The summed E-state index contributed by atoms with van der Waals surface area (Å²) in [6.45, 7) is 5.15. The highest BCUT2D eigenvalue weighted by atomic mass is 16.7. The Kier molecular flexibility index (Phi) is 27.0. The van der Waals surface area contributed by atoms with Crippen LogP contribution in [0.25, 0.3) is 0 Å². The maximum atomic E-state index is 13.3. The van der Waals surface area contributed by atoms with Gasteiger partial charge in [-0.2, -0.15) is 0 Å². The van der Waals surface area contributed by atoms with Crippen LogP contribution in [-0.4, -0.2) is 237 Å². The van der Waals surface area contributed by atoms with Crippen LogP contribution in [0.2, 0.25) is 0 Å². The predicted molar refractivity (Wildman–Crippen MR) is 279 cm³/mol. The van der Waals surface area contributed by atoms with Gasteiger partial charge in [-0.3, -0.25) is 14.5 Å². The van der Waals surface area contributed by atoms with Gasteiger partial charge in [0, 0.05) is 37.5 Å². The second kappa shape index (κ2) is 31.5. The summed E-state index contributed by atoms with van der Waals surface area (Å²) in [5.41, 5.74) is -2.15. The fraction of sp³-hybridized carbons (Fsp3) is 0.709. The number of carbonyl (C=O) groups excluding carboxylic acids is 2. The molecule has 0 spiro atoms. The van der Waals surface area contributed by atoms with Crippen molar-refractivity contribution < 1.29 is 110 Å².